The third-order valence-corrected chi connectivity index (χ3v) is 7.58. The summed E-state index contributed by atoms with van der Waals surface area (Å²) in [6.45, 7) is 9.29. The largest absolute Gasteiger partial charge is 0.494 e. The molecule has 0 N–H and O–H groups in total. The van der Waals surface area contributed by atoms with Crippen LogP contribution < -0.4 is 9.47 Å². The van der Waals surface area contributed by atoms with E-state index in [0.29, 0.717) is 22.8 Å². The highest BCUT2D eigenvalue weighted by Crippen LogP contribution is 2.24. The van der Waals surface area contributed by atoms with Gasteiger partial charge in [-0.1, -0.05) is 96.4 Å². The van der Waals surface area contributed by atoms with Gasteiger partial charge in [-0.25, -0.2) is 9.59 Å². The Morgan fingerprint density at radius 3 is 1.70 bits per heavy atom. The molecule has 0 aliphatic heterocycles. The molecule has 0 radical (unpaired) electrons. The number of hydrogen-bond acceptors (Lipinski definition) is 5. The molecule has 43 heavy (non-hydrogen) atoms. The van der Waals surface area contributed by atoms with E-state index in [-0.39, 0.29) is 12.1 Å². The van der Waals surface area contributed by atoms with E-state index in [4.69, 9.17) is 14.2 Å². The molecule has 3 rings (SSSR count). The van der Waals surface area contributed by atoms with Crippen molar-refractivity contribution in [2.24, 2.45) is 5.92 Å². The van der Waals surface area contributed by atoms with E-state index >= 15 is 0 Å². The fraction of sp³-hybridized carbons (Fsp3) is 0.474. The number of esters is 2. The van der Waals surface area contributed by atoms with Crippen LogP contribution in [-0.2, 0) is 4.74 Å². The lowest BCUT2D eigenvalue weighted by Gasteiger charge is -2.14. The minimum Gasteiger partial charge on any atom is -0.494 e. The number of carbonyl (C=O) groups excluding carboxylic acids is 2. The highest BCUT2D eigenvalue weighted by Gasteiger charge is 2.14. The maximum absolute atomic E-state index is 12.7. The molecular weight excluding hydrogens is 536 g/mol. The summed E-state index contributed by atoms with van der Waals surface area (Å²) in [7, 11) is 0. The molecule has 0 spiro atoms. The maximum atomic E-state index is 12.7. The summed E-state index contributed by atoms with van der Waals surface area (Å²) < 4.78 is 17.0. The Balaban J connectivity index is 1.41. The molecule has 3 aromatic rings. The van der Waals surface area contributed by atoms with Gasteiger partial charge in [0, 0.05) is 0 Å². The van der Waals surface area contributed by atoms with E-state index in [1.54, 1.807) is 36.4 Å². The van der Waals surface area contributed by atoms with Gasteiger partial charge >= 0.3 is 11.9 Å². The Morgan fingerprint density at radius 1 is 0.581 bits per heavy atom. The van der Waals surface area contributed by atoms with Crippen LogP contribution in [0, 0.1) is 5.92 Å². The summed E-state index contributed by atoms with van der Waals surface area (Å²) in [4.78, 5) is 25.2. The van der Waals surface area contributed by atoms with Gasteiger partial charge in [0.25, 0.3) is 0 Å². The zero-order valence-corrected chi connectivity index (χ0v) is 26.6. The molecule has 0 aliphatic rings. The molecule has 0 saturated carbocycles. The number of rotatable bonds is 19. The van der Waals surface area contributed by atoms with Crippen LogP contribution in [0.15, 0.2) is 72.8 Å². The minimum atomic E-state index is -0.453. The first-order valence-corrected chi connectivity index (χ1v) is 16.2. The van der Waals surface area contributed by atoms with Crippen LogP contribution >= 0.6 is 0 Å². The van der Waals surface area contributed by atoms with Crippen molar-refractivity contribution in [3.05, 3.63) is 83.9 Å². The van der Waals surface area contributed by atoms with E-state index in [1.807, 2.05) is 43.3 Å². The summed E-state index contributed by atoms with van der Waals surface area (Å²) in [5.41, 5.74) is 2.95. The van der Waals surface area contributed by atoms with Crippen molar-refractivity contribution in [1.29, 1.82) is 0 Å². The van der Waals surface area contributed by atoms with Gasteiger partial charge in [-0.2, -0.15) is 0 Å². The topological polar surface area (TPSA) is 61.8 Å². The molecule has 0 aliphatic carbocycles. The lowest BCUT2D eigenvalue weighted by Crippen LogP contribution is -2.15. The first kappa shape index (κ1) is 33.9. The number of hydrogen-bond donors (Lipinski definition) is 0. The number of ether oxygens (including phenoxy) is 3. The SMILES string of the molecule is CCCCCCCCCCOc1ccc(-c2ccc(C(=O)Oc3ccc(C(=O)O[C@H](C)CCCC(C)C)cc3)cc2)cc1. The third kappa shape index (κ3) is 12.7. The summed E-state index contributed by atoms with van der Waals surface area (Å²) in [5.74, 6) is 1.07. The second kappa shape index (κ2) is 18.8. The second-order valence-corrected chi connectivity index (χ2v) is 11.9. The molecule has 5 nitrogen and oxygen atoms in total. The van der Waals surface area contributed by atoms with Gasteiger partial charge in [0.15, 0.2) is 0 Å². The molecule has 0 heterocycles. The summed E-state index contributed by atoms with van der Waals surface area (Å²) in [5, 5.41) is 0. The first-order chi connectivity index (χ1) is 20.9. The van der Waals surface area contributed by atoms with Crippen LogP contribution in [0.2, 0.25) is 0 Å². The molecular formula is C38H50O5. The van der Waals surface area contributed by atoms with Gasteiger partial charge in [0.2, 0.25) is 0 Å². The van der Waals surface area contributed by atoms with Gasteiger partial charge in [-0.15, -0.1) is 0 Å². The maximum Gasteiger partial charge on any atom is 0.343 e. The van der Waals surface area contributed by atoms with E-state index in [0.717, 1.165) is 49.2 Å². The van der Waals surface area contributed by atoms with Crippen molar-refractivity contribution >= 4 is 11.9 Å². The van der Waals surface area contributed by atoms with Crippen molar-refractivity contribution < 1.29 is 23.8 Å². The van der Waals surface area contributed by atoms with Crippen molar-refractivity contribution in [3.8, 4) is 22.6 Å². The second-order valence-electron chi connectivity index (χ2n) is 11.9. The van der Waals surface area contributed by atoms with E-state index < -0.39 is 5.97 Å². The monoisotopic (exact) mass is 586 g/mol. The summed E-state index contributed by atoms with van der Waals surface area (Å²) >= 11 is 0. The van der Waals surface area contributed by atoms with Crippen LogP contribution in [0.4, 0.5) is 0 Å². The molecule has 0 unspecified atom stereocenters. The van der Waals surface area contributed by atoms with Crippen LogP contribution in [0.1, 0.15) is 119 Å². The fourth-order valence-electron chi connectivity index (χ4n) is 4.92. The van der Waals surface area contributed by atoms with Crippen LogP contribution in [-0.4, -0.2) is 24.6 Å². The van der Waals surface area contributed by atoms with Crippen molar-refractivity contribution in [2.45, 2.75) is 104 Å². The molecule has 0 bridgehead atoms. The van der Waals surface area contributed by atoms with Gasteiger partial charge < -0.3 is 14.2 Å². The molecule has 0 saturated heterocycles. The molecule has 0 amide bonds. The highest BCUT2D eigenvalue weighted by molar-refractivity contribution is 5.92. The van der Waals surface area contributed by atoms with Crippen molar-refractivity contribution in [3.63, 3.8) is 0 Å². The lowest BCUT2D eigenvalue weighted by molar-refractivity contribution is 0.0318. The molecule has 1 atom stereocenters. The smallest absolute Gasteiger partial charge is 0.343 e. The Labute approximate surface area is 259 Å². The quantitative estimate of drug-likeness (QED) is 0.0794. The standard InChI is InChI=1S/C38H50O5/c1-5-6-7-8-9-10-11-12-28-41-35-24-20-32(21-25-35)31-16-18-33(19-17-31)38(40)43-36-26-22-34(23-27-36)37(39)42-30(4)15-13-14-29(2)3/h16-27,29-30H,5-15,28H2,1-4H3/t30-/m1/s1. The fourth-order valence-corrected chi connectivity index (χ4v) is 4.92. The average molecular weight is 587 g/mol. The molecule has 232 valence electrons. The molecule has 3 aromatic carbocycles. The third-order valence-electron chi connectivity index (χ3n) is 7.58. The van der Waals surface area contributed by atoms with Crippen molar-refractivity contribution in [2.75, 3.05) is 6.61 Å². The molecule has 5 heteroatoms. The normalized spacial score (nSPS) is 11.7. The van der Waals surface area contributed by atoms with E-state index in [2.05, 4.69) is 20.8 Å². The lowest BCUT2D eigenvalue weighted by atomic mass is 10.0. The first-order valence-electron chi connectivity index (χ1n) is 16.2. The number of unbranched alkanes of at least 4 members (excludes halogenated alkanes) is 7. The Hall–Kier alpha value is -3.60. The zero-order valence-electron chi connectivity index (χ0n) is 26.6. The Kier molecular flexibility index (Phi) is 14.8. The van der Waals surface area contributed by atoms with Crippen molar-refractivity contribution in [1.82, 2.24) is 0 Å². The Morgan fingerprint density at radius 2 is 1.09 bits per heavy atom. The van der Waals surface area contributed by atoms with Gasteiger partial charge in [-0.3, -0.25) is 0 Å². The van der Waals surface area contributed by atoms with Gasteiger partial charge in [0.05, 0.1) is 23.8 Å². The molecule has 0 aromatic heterocycles. The Bertz CT molecular complexity index is 1210. The van der Waals surface area contributed by atoms with E-state index in [9.17, 15) is 9.59 Å². The summed E-state index contributed by atoms with van der Waals surface area (Å²) in [6, 6.07) is 21.9. The zero-order chi connectivity index (χ0) is 30.9. The van der Waals surface area contributed by atoms with Gasteiger partial charge in [0.1, 0.15) is 11.5 Å². The minimum absolute atomic E-state index is 0.137. The van der Waals surface area contributed by atoms with Crippen LogP contribution in [0.3, 0.4) is 0 Å². The van der Waals surface area contributed by atoms with Crippen LogP contribution in [0.5, 0.6) is 11.5 Å². The van der Waals surface area contributed by atoms with E-state index in [1.165, 1.54) is 44.9 Å². The predicted molar refractivity (Wildman–Crippen MR) is 175 cm³/mol. The predicted octanol–water partition coefficient (Wildman–Crippen LogP) is 10.5. The van der Waals surface area contributed by atoms with Gasteiger partial charge in [-0.05, 0) is 91.8 Å². The highest BCUT2D eigenvalue weighted by atomic mass is 16.5. The number of benzene rings is 3. The summed E-state index contributed by atoms with van der Waals surface area (Å²) in [6.07, 6.45) is 13.1. The van der Waals surface area contributed by atoms with Crippen LogP contribution in [0.25, 0.3) is 11.1 Å². The molecule has 0 fully saturated rings. The number of carbonyl (C=O) groups is 2. The average Bonchev–Trinajstić information content (AvgIpc) is 3.01.